The van der Waals surface area contributed by atoms with Gasteiger partial charge in [0.15, 0.2) is 0 Å². The second-order valence-electron chi connectivity index (χ2n) is 10.8. The molecule has 0 heterocycles. The lowest BCUT2D eigenvalue weighted by molar-refractivity contribution is -0.0499. The molecule has 0 N–H and O–H groups in total. The van der Waals surface area contributed by atoms with Gasteiger partial charge in [-0.3, -0.25) is 0 Å². The molecule has 7 unspecified atom stereocenters. The highest BCUT2D eigenvalue weighted by Gasteiger charge is 2.58. The topological polar surface area (TPSA) is 0 Å². The Balaban J connectivity index is 1.56. The molecule has 4 aliphatic rings. The van der Waals surface area contributed by atoms with E-state index in [2.05, 4.69) is 33.8 Å². The van der Waals surface area contributed by atoms with E-state index in [1.807, 2.05) is 5.57 Å². The molecule has 0 spiro atoms. The predicted octanol–water partition coefficient (Wildman–Crippen LogP) is 7.78. The van der Waals surface area contributed by atoms with Gasteiger partial charge in [0, 0.05) is 0 Å². The molecule has 0 aromatic heterocycles. The van der Waals surface area contributed by atoms with Crippen LogP contribution in [-0.4, -0.2) is 0 Å². The van der Waals surface area contributed by atoms with Gasteiger partial charge in [-0.15, -0.1) is 0 Å². The van der Waals surface area contributed by atoms with Crippen LogP contribution in [0.4, 0.5) is 0 Å². The summed E-state index contributed by atoms with van der Waals surface area (Å²) >= 11 is 0. The van der Waals surface area contributed by atoms with Gasteiger partial charge in [-0.1, -0.05) is 65.0 Å². The molecule has 0 bridgehead atoms. The van der Waals surface area contributed by atoms with Crippen LogP contribution >= 0.6 is 0 Å². The maximum atomic E-state index is 2.74. The largest absolute Gasteiger partial charge is 0.0845 e. The van der Waals surface area contributed by atoms with Gasteiger partial charge in [0.25, 0.3) is 0 Å². The van der Waals surface area contributed by atoms with Crippen LogP contribution in [0.5, 0.6) is 0 Å². The second-order valence-corrected chi connectivity index (χ2v) is 10.8. The SMILES string of the molecule is CCCCC(C)C1CCC2C3CC=C4CCCCC4(C)C3CCC12C. The maximum absolute atomic E-state index is 2.74. The molecular weight excluding hydrogens is 300 g/mol. The summed E-state index contributed by atoms with van der Waals surface area (Å²) in [6, 6.07) is 0. The highest BCUT2D eigenvalue weighted by Crippen LogP contribution is 2.67. The fourth-order valence-corrected chi connectivity index (χ4v) is 8.40. The van der Waals surface area contributed by atoms with E-state index in [0.29, 0.717) is 10.8 Å². The van der Waals surface area contributed by atoms with Crippen LogP contribution in [-0.2, 0) is 0 Å². The molecule has 0 aliphatic heterocycles. The molecule has 25 heavy (non-hydrogen) atoms. The van der Waals surface area contributed by atoms with Gasteiger partial charge in [0.1, 0.15) is 0 Å². The van der Waals surface area contributed by atoms with Gasteiger partial charge >= 0.3 is 0 Å². The fraction of sp³-hybridized carbons (Fsp3) is 0.920. The number of hydrogen-bond acceptors (Lipinski definition) is 0. The van der Waals surface area contributed by atoms with Crippen molar-refractivity contribution >= 4 is 0 Å². The van der Waals surface area contributed by atoms with Crippen molar-refractivity contribution in [1.82, 2.24) is 0 Å². The zero-order valence-corrected chi connectivity index (χ0v) is 17.4. The molecule has 0 saturated heterocycles. The Morgan fingerprint density at radius 2 is 1.92 bits per heavy atom. The van der Waals surface area contributed by atoms with Crippen molar-refractivity contribution in [1.29, 1.82) is 0 Å². The van der Waals surface area contributed by atoms with Gasteiger partial charge in [-0.2, -0.15) is 0 Å². The molecular formula is C25H42. The Morgan fingerprint density at radius 1 is 1.08 bits per heavy atom. The predicted molar refractivity (Wildman–Crippen MR) is 108 cm³/mol. The van der Waals surface area contributed by atoms with Crippen LogP contribution in [0, 0.1) is 40.4 Å². The molecule has 0 amide bonds. The van der Waals surface area contributed by atoms with E-state index in [0.717, 1.165) is 29.6 Å². The van der Waals surface area contributed by atoms with Gasteiger partial charge < -0.3 is 0 Å². The van der Waals surface area contributed by atoms with Crippen molar-refractivity contribution in [2.24, 2.45) is 40.4 Å². The Kier molecular flexibility index (Phi) is 4.87. The minimum atomic E-state index is 0.578. The smallest absolute Gasteiger partial charge is 0.00853 e. The number of fused-ring (bicyclic) bond motifs is 5. The van der Waals surface area contributed by atoms with Crippen LogP contribution in [0.1, 0.15) is 105 Å². The van der Waals surface area contributed by atoms with Crippen molar-refractivity contribution in [3.8, 4) is 0 Å². The van der Waals surface area contributed by atoms with Gasteiger partial charge in [-0.25, -0.2) is 0 Å². The van der Waals surface area contributed by atoms with E-state index in [1.165, 1.54) is 77.0 Å². The molecule has 4 aliphatic carbocycles. The first kappa shape index (κ1) is 18.1. The average Bonchev–Trinajstić information content (AvgIpc) is 2.96. The quantitative estimate of drug-likeness (QED) is 0.457. The number of hydrogen-bond donors (Lipinski definition) is 0. The fourth-order valence-electron chi connectivity index (χ4n) is 8.40. The number of rotatable bonds is 4. The average molecular weight is 343 g/mol. The minimum absolute atomic E-state index is 0.578. The van der Waals surface area contributed by atoms with Crippen molar-refractivity contribution < 1.29 is 0 Å². The molecule has 3 fully saturated rings. The maximum Gasteiger partial charge on any atom is -0.00853 e. The first-order valence-corrected chi connectivity index (χ1v) is 11.7. The van der Waals surface area contributed by atoms with E-state index in [4.69, 9.17) is 0 Å². The van der Waals surface area contributed by atoms with Crippen LogP contribution < -0.4 is 0 Å². The minimum Gasteiger partial charge on any atom is -0.0845 e. The summed E-state index contributed by atoms with van der Waals surface area (Å²) in [5.74, 6) is 5.00. The summed E-state index contributed by atoms with van der Waals surface area (Å²) in [7, 11) is 0. The Labute approximate surface area is 157 Å². The third-order valence-electron chi connectivity index (χ3n) is 9.79. The highest BCUT2D eigenvalue weighted by molar-refractivity contribution is 5.24. The zero-order valence-electron chi connectivity index (χ0n) is 17.4. The highest BCUT2D eigenvalue weighted by atomic mass is 14.6. The van der Waals surface area contributed by atoms with Gasteiger partial charge in [0.05, 0.1) is 0 Å². The van der Waals surface area contributed by atoms with Crippen LogP contribution in [0.2, 0.25) is 0 Å². The van der Waals surface area contributed by atoms with Crippen molar-refractivity contribution in [2.45, 2.75) is 105 Å². The Hall–Kier alpha value is -0.260. The van der Waals surface area contributed by atoms with E-state index < -0.39 is 0 Å². The van der Waals surface area contributed by atoms with Crippen LogP contribution in [0.25, 0.3) is 0 Å². The summed E-state index contributed by atoms with van der Waals surface area (Å²) in [6.07, 6.45) is 20.4. The monoisotopic (exact) mass is 342 g/mol. The molecule has 142 valence electrons. The summed E-state index contributed by atoms with van der Waals surface area (Å²) < 4.78 is 0. The second kappa shape index (κ2) is 6.72. The van der Waals surface area contributed by atoms with E-state index in [9.17, 15) is 0 Å². The Morgan fingerprint density at radius 3 is 2.72 bits per heavy atom. The molecule has 0 aromatic carbocycles. The molecule has 7 atom stereocenters. The lowest BCUT2D eigenvalue weighted by atomic mass is 9.47. The summed E-state index contributed by atoms with van der Waals surface area (Å²) in [4.78, 5) is 0. The summed E-state index contributed by atoms with van der Waals surface area (Å²) in [5.41, 5.74) is 3.11. The lowest BCUT2D eigenvalue weighted by Gasteiger charge is -2.58. The van der Waals surface area contributed by atoms with E-state index in [-0.39, 0.29) is 0 Å². The number of unbranched alkanes of at least 4 members (excludes halogenated alkanes) is 1. The first-order valence-electron chi connectivity index (χ1n) is 11.7. The van der Waals surface area contributed by atoms with E-state index in [1.54, 1.807) is 0 Å². The molecule has 0 aromatic rings. The normalized spacial score (nSPS) is 47.4. The van der Waals surface area contributed by atoms with E-state index >= 15 is 0 Å². The number of allylic oxidation sites excluding steroid dienone is 2. The Bertz CT molecular complexity index is 516. The summed E-state index contributed by atoms with van der Waals surface area (Å²) in [6.45, 7) is 10.3. The zero-order chi connectivity index (χ0) is 17.7. The third-order valence-corrected chi connectivity index (χ3v) is 9.79. The first-order chi connectivity index (χ1) is 12.0. The molecule has 0 nitrogen and oxygen atoms in total. The molecule has 3 saturated carbocycles. The van der Waals surface area contributed by atoms with Gasteiger partial charge in [0.2, 0.25) is 0 Å². The summed E-state index contributed by atoms with van der Waals surface area (Å²) in [5, 5.41) is 0. The third kappa shape index (κ3) is 2.76. The standard InChI is InChI=1S/C25H42/c1-5-6-9-18(2)21-13-14-22-20-12-11-19-10-7-8-16-24(19,3)23(20)15-17-25(21,22)4/h11,18,20-23H,5-10,12-17H2,1-4H3. The van der Waals surface area contributed by atoms with Crippen LogP contribution in [0.15, 0.2) is 11.6 Å². The molecule has 0 heteroatoms. The van der Waals surface area contributed by atoms with Gasteiger partial charge in [-0.05, 0) is 91.8 Å². The van der Waals surface area contributed by atoms with Crippen molar-refractivity contribution in [3.05, 3.63) is 11.6 Å². The van der Waals surface area contributed by atoms with Crippen molar-refractivity contribution in [3.63, 3.8) is 0 Å². The van der Waals surface area contributed by atoms with Crippen LogP contribution in [0.3, 0.4) is 0 Å². The van der Waals surface area contributed by atoms with Crippen molar-refractivity contribution in [2.75, 3.05) is 0 Å². The molecule has 4 rings (SSSR count). The lowest BCUT2D eigenvalue weighted by Crippen LogP contribution is -2.50. The molecule has 0 radical (unpaired) electrons.